The van der Waals surface area contributed by atoms with Crippen LogP contribution in [-0.4, -0.2) is 11.2 Å². The maximum Gasteiger partial charge on any atom is 0.293 e. The molecule has 1 aromatic carbocycles. The standard InChI is InChI=1S/C11H10N2O3/c1-8-6-9(4-2-3-5-14)11(12)10(7-8)13(15)16/h5-7H,3,12H2,1H3. The van der Waals surface area contributed by atoms with Gasteiger partial charge in [0.25, 0.3) is 5.69 Å². The average Bonchev–Trinajstić information content (AvgIpc) is 2.22. The van der Waals surface area contributed by atoms with E-state index in [1.807, 2.05) is 0 Å². The molecule has 82 valence electrons. The Morgan fingerprint density at radius 3 is 2.81 bits per heavy atom. The van der Waals surface area contributed by atoms with E-state index in [1.165, 1.54) is 6.07 Å². The number of carbonyl (C=O) groups excluding carboxylic acids is 1. The Bertz CT molecular complexity index is 498. The molecule has 16 heavy (non-hydrogen) atoms. The van der Waals surface area contributed by atoms with Crippen molar-refractivity contribution in [2.75, 3.05) is 5.73 Å². The molecule has 2 N–H and O–H groups in total. The SMILES string of the molecule is Cc1cc(C#CCC=O)c(N)c([N+](=O)[O-])c1. The molecule has 0 fully saturated rings. The van der Waals surface area contributed by atoms with Crippen molar-refractivity contribution in [3.05, 3.63) is 33.4 Å². The third-order valence-corrected chi connectivity index (χ3v) is 1.91. The number of aldehydes is 1. The second-order valence-corrected chi connectivity index (χ2v) is 3.17. The highest BCUT2D eigenvalue weighted by molar-refractivity contribution is 5.69. The summed E-state index contributed by atoms with van der Waals surface area (Å²) in [5.74, 6) is 5.20. The molecule has 5 nitrogen and oxygen atoms in total. The van der Waals surface area contributed by atoms with Crippen molar-refractivity contribution in [1.82, 2.24) is 0 Å². The number of nitrogen functional groups attached to an aromatic ring is 1. The molecule has 0 aliphatic heterocycles. The average molecular weight is 218 g/mol. The Morgan fingerprint density at radius 2 is 2.25 bits per heavy atom. The summed E-state index contributed by atoms with van der Waals surface area (Å²) in [7, 11) is 0. The van der Waals surface area contributed by atoms with Crippen molar-refractivity contribution >= 4 is 17.7 Å². The molecule has 0 aliphatic carbocycles. The summed E-state index contributed by atoms with van der Waals surface area (Å²) in [6.07, 6.45) is 0.745. The van der Waals surface area contributed by atoms with Crippen LogP contribution in [0.5, 0.6) is 0 Å². The number of nitro benzene ring substituents is 1. The van der Waals surface area contributed by atoms with Gasteiger partial charge < -0.3 is 10.5 Å². The fraction of sp³-hybridized carbons (Fsp3) is 0.182. The molecule has 0 aliphatic rings. The number of anilines is 1. The number of carbonyl (C=O) groups is 1. The van der Waals surface area contributed by atoms with Crippen LogP contribution < -0.4 is 5.73 Å². The lowest BCUT2D eigenvalue weighted by atomic mass is 10.1. The summed E-state index contributed by atoms with van der Waals surface area (Å²) >= 11 is 0. The third kappa shape index (κ3) is 2.58. The van der Waals surface area contributed by atoms with Gasteiger partial charge in [-0.25, -0.2) is 0 Å². The molecule has 0 saturated carbocycles. The number of nitrogens with zero attached hydrogens (tertiary/aromatic N) is 1. The number of hydrogen-bond donors (Lipinski definition) is 1. The van der Waals surface area contributed by atoms with Crippen molar-refractivity contribution in [1.29, 1.82) is 0 Å². The highest BCUT2D eigenvalue weighted by Gasteiger charge is 2.14. The maximum absolute atomic E-state index is 10.7. The zero-order valence-corrected chi connectivity index (χ0v) is 8.69. The fourth-order valence-corrected chi connectivity index (χ4v) is 1.22. The Balaban J connectivity index is 3.25. The van der Waals surface area contributed by atoms with Gasteiger partial charge in [0.1, 0.15) is 12.0 Å². The van der Waals surface area contributed by atoms with Gasteiger partial charge in [-0.05, 0) is 18.6 Å². The smallest absolute Gasteiger partial charge is 0.293 e. The van der Waals surface area contributed by atoms with Crippen LogP contribution in [0.1, 0.15) is 17.5 Å². The zero-order chi connectivity index (χ0) is 12.1. The van der Waals surface area contributed by atoms with E-state index in [4.69, 9.17) is 5.73 Å². The lowest BCUT2D eigenvalue weighted by Gasteiger charge is -2.01. The summed E-state index contributed by atoms with van der Waals surface area (Å²) < 4.78 is 0. The summed E-state index contributed by atoms with van der Waals surface area (Å²) in [5, 5.41) is 10.7. The first-order chi connectivity index (χ1) is 7.56. The molecule has 0 amide bonds. The third-order valence-electron chi connectivity index (χ3n) is 1.91. The quantitative estimate of drug-likeness (QED) is 0.267. The van der Waals surface area contributed by atoms with Gasteiger partial charge in [0.15, 0.2) is 0 Å². The minimum absolute atomic E-state index is 0.0361. The van der Waals surface area contributed by atoms with Crippen LogP contribution in [0.2, 0.25) is 0 Å². The van der Waals surface area contributed by atoms with Crippen LogP contribution in [0.25, 0.3) is 0 Å². The second-order valence-electron chi connectivity index (χ2n) is 3.17. The highest BCUT2D eigenvalue weighted by Crippen LogP contribution is 2.26. The molecular weight excluding hydrogens is 208 g/mol. The van der Waals surface area contributed by atoms with E-state index in [0.29, 0.717) is 17.4 Å². The Labute approximate surface area is 92.4 Å². The van der Waals surface area contributed by atoms with E-state index in [-0.39, 0.29) is 17.8 Å². The van der Waals surface area contributed by atoms with E-state index in [2.05, 4.69) is 11.8 Å². The summed E-state index contributed by atoms with van der Waals surface area (Å²) in [5.41, 5.74) is 6.57. The van der Waals surface area contributed by atoms with Crippen LogP contribution in [0, 0.1) is 28.9 Å². The van der Waals surface area contributed by atoms with Crippen molar-refractivity contribution in [3.8, 4) is 11.8 Å². The molecule has 0 radical (unpaired) electrons. The molecule has 0 atom stereocenters. The zero-order valence-electron chi connectivity index (χ0n) is 8.69. The van der Waals surface area contributed by atoms with E-state index in [9.17, 15) is 14.9 Å². The van der Waals surface area contributed by atoms with Gasteiger partial charge in [-0.2, -0.15) is 0 Å². The van der Waals surface area contributed by atoms with Gasteiger partial charge in [0.05, 0.1) is 16.9 Å². The van der Waals surface area contributed by atoms with E-state index in [0.717, 1.165) is 0 Å². The number of benzene rings is 1. The van der Waals surface area contributed by atoms with E-state index < -0.39 is 4.92 Å². The van der Waals surface area contributed by atoms with Crippen LogP contribution in [0.15, 0.2) is 12.1 Å². The van der Waals surface area contributed by atoms with Crippen molar-refractivity contribution in [2.24, 2.45) is 0 Å². The second kappa shape index (κ2) is 4.94. The molecule has 1 rings (SSSR count). The molecule has 0 aromatic heterocycles. The normalized spacial score (nSPS) is 9.06. The lowest BCUT2D eigenvalue weighted by Crippen LogP contribution is -1.99. The van der Waals surface area contributed by atoms with Crippen LogP contribution in [0.3, 0.4) is 0 Å². The van der Waals surface area contributed by atoms with Gasteiger partial charge in [-0.3, -0.25) is 10.1 Å². The van der Waals surface area contributed by atoms with Gasteiger partial charge in [-0.1, -0.05) is 11.8 Å². The van der Waals surface area contributed by atoms with Crippen molar-refractivity contribution in [2.45, 2.75) is 13.3 Å². The van der Waals surface area contributed by atoms with Crippen LogP contribution in [-0.2, 0) is 4.79 Å². The number of hydrogen-bond acceptors (Lipinski definition) is 4. The molecule has 5 heteroatoms. The highest BCUT2D eigenvalue weighted by atomic mass is 16.6. The monoisotopic (exact) mass is 218 g/mol. The van der Waals surface area contributed by atoms with Gasteiger partial charge in [0.2, 0.25) is 0 Å². The van der Waals surface area contributed by atoms with Crippen molar-refractivity contribution < 1.29 is 9.72 Å². The topological polar surface area (TPSA) is 86.2 Å². The fourth-order valence-electron chi connectivity index (χ4n) is 1.22. The molecule has 0 saturated heterocycles. The van der Waals surface area contributed by atoms with E-state index >= 15 is 0 Å². The predicted molar refractivity (Wildman–Crippen MR) is 59.8 cm³/mol. The summed E-state index contributed by atoms with van der Waals surface area (Å²) in [6, 6.07) is 3.04. The summed E-state index contributed by atoms with van der Waals surface area (Å²) in [4.78, 5) is 20.2. The van der Waals surface area contributed by atoms with Crippen LogP contribution in [0.4, 0.5) is 11.4 Å². The minimum atomic E-state index is -0.548. The van der Waals surface area contributed by atoms with E-state index in [1.54, 1.807) is 13.0 Å². The first-order valence-electron chi connectivity index (χ1n) is 4.53. The molecular formula is C11H10N2O3. The molecule has 1 aromatic rings. The molecule has 0 bridgehead atoms. The van der Waals surface area contributed by atoms with Gasteiger partial charge in [0, 0.05) is 6.07 Å². The molecule has 0 heterocycles. The first-order valence-corrected chi connectivity index (χ1v) is 4.53. The summed E-state index contributed by atoms with van der Waals surface area (Å²) in [6.45, 7) is 1.72. The Kier molecular flexibility index (Phi) is 3.62. The van der Waals surface area contributed by atoms with Crippen LogP contribution >= 0.6 is 0 Å². The van der Waals surface area contributed by atoms with Gasteiger partial charge in [-0.15, -0.1) is 0 Å². The number of nitro groups is 1. The predicted octanol–water partition coefficient (Wildman–Crippen LogP) is 1.43. The minimum Gasteiger partial charge on any atom is -0.392 e. The molecule has 0 unspecified atom stereocenters. The Hall–Kier alpha value is -2.35. The lowest BCUT2D eigenvalue weighted by molar-refractivity contribution is -0.384. The first kappa shape index (κ1) is 11.7. The number of aryl methyl sites for hydroxylation is 1. The number of nitrogens with two attached hydrogens (primary N) is 1. The van der Waals surface area contributed by atoms with Crippen molar-refractivity contribution in [3.63, 3.8) is 0 Å². The Morgan fingerprint density at radius 1 is 1.56 bits per heavy atom. The maximum atomic E-state index is 10.7. The molecule has 0 spiro atoms. The largest absolute Gasteiger partial charge is 0.392 e. The number of rotatable bonds is 2. The van der Waals surface area contributed by atoms with Gasteiger partial charge >= 0.3 is 0 Å².